The Kier molecular flexibility index (Phi) is 5.05. The van der Waals surface area contributed by atoms with Crippen LogP contribution in [-0.4, -0.2) is 33.5 Å². The molecule has 1 N–H and O–H groups in total. The second-order valence-electron chi connectivity index (χ2n) is 4.88. The minimum atomic E-state index is 0.230. The zero-order valence-corrected chi connectivity index (χ0v) is 11.9. The second kappa shape index (κ2) is 6.78. The molecule has 2 rings (SSSR count). The molecule has 0 aromatic heterocycles. The van der Waals surface area contributed by atoms with Crippen molar-refractivity contribution in [1.29, 1.82) is 0 Å². The predicted octanol–water partition coefficient (Wildman–Crippen LogP) is 2.53. The van der Waals surface area contributed by atoms with Gasteiger partial charge in [0, 0.05) is 30.9 Å². The van der Waals surface area contributed by atoms with Crippen LogP contribution >= 0.6 is 0 Å². The van der Waals surface area contributed by atoms with E-state index < -0.39 is 0 Å². The maximum absolute atomic E-state index is 5.43. The topological polar surface area (TPSA) is 39.7 Å². The van der Waals surface area contributed by atoms with Crippen molar-refractivity contribution in [2.24, 2.45) is 0 Å². The van der Waals surface area contributed by atoms with Crippen LogP contribution in [0.1, 0.15) is 31.4 Å². The molecule has 1 aliphatic heterocycles. The lowest BCUT2D eigenvalue weighted by atomic mass is 10.0. The van der Waals surface area contributed by atoms with Gasteiger partial charge in [-0.3, -0.25) is 0 Å². The van der Waals surface area contributed by atoms with Gasteiger partial charge in [-0.2, -0.15) is 0 Å². The molecule has 1 aliphatic rings. The number of methoxy groups -OCH3 is 2. The first-order valence-corrected chi connectivity index (χ1v) is 6.80. The van der Waals surface area contributed by atoms with Gasteiger partial charge in [0.1, 0.15) is 11.5 Å². The standard InChI is InChI=1S/C15H23NO3/c1-11(16-12-6-8-19-9-7-12)14-10-13(17-2)4-5-15(14)18-3/h4-5,10-12,16H,6-9H2,1-3H3. The average molecular weight is 265 g/mol. The summed E-state index contributed by atoms with van der Waals surface area (Å²) in [5.41, 5.74) is 1.13. The van der Waals surface area contributed by atoms with Crippen molar-refractivity contribution in [3.63, 3.8) is 0 Å². The molecule has 19 heavy (non-hydrogen) atoms. The van der Waals surface area contributed by atoms with E-state index >= 15 is 0 Å². The molecule has 1 atom stereocenters. The number of hydrogen-bond donors (Lipinski definition) is 1. The van der Waals surface area contributed by atoms with E-state index in [0.717, 1.165) is 43.1 Å². The summed E-state index contributed by atoms with van der Waals surface area (Å²) in [6.07, 6.45) is 2.13. The molecular formula is C15H23NO3. The van der Waals surface area contributed by atoms with Gasteiger partial charge in [0.15, 0.2) is 0 Å². The first-order chi connectivity index (χ1) is 9.24. The van der Waals surface area contributed by atoms with E-state index in [4.69, 9.17) is 14.2 Å². The van der Waals surface area contributed by atoms with E-state index in [2.05, 4.69) is 12.2 Å². The van der Waals surface area contributed by atoms with E-state index in [-0.39, 0.29) is 6.04 Å². The van der Waals surface area contributed by atoms with Crippen LogP contribution in [0.15, 0.2) is 18.2 Å². The summed E-state index contributed by atoms with van der Waals surface area (Å²) in [5.74, 6) is 1.75. The Bertz CT molecular complexity index is 402. The fraction of sp³-hybridized carbons (Fsp3) is 0.600. The monoisotopic (exact) mass is 265 g/mol. The van der Waals surface area contributed by atoms with Gasteiger partial charge < -0.3 is 19.5 Å². The van der Waals surface area contributed by atoms with Gasteiger partial charge in [0.05, 0.1) is 14.2 Å². The van der Waals surface area contributed by atoms with Gasteiger partial charge in [0.2, 0.25) is 0 Å². The molecule has 0 aliphatic carbocycles. The highest BCUT2D eigenvalue weighted by Gasteiger charge is 2.19. The molecule has 0 radical (unpaired) electrons. The Morgan fingerprint density at radius 2 is 1.95 bits per heavy atom. The van der Waals surface area contributed by atoms with Crippen molar-refractivity contribution >= 4 is 0 Å². The number of nitrogens with one attached hydrogen (secondary N) is 1. The van der Waals surface area contributed by atoms with Crippen LogP contribution in [0.25, 0.3) is 0 Å². The Morgan fingerprint density at radius 3 is 2.58 bits per heavy atom. The van der Waals surface area contributed by atoms with Crippen LogP contribution in [0.3, 0.4) is 0 Å². The number of rotatable bonds is 5. The Hall–Kier alpha value is -1.26. The molecule has 1 aromatic rings. The largest absolute Gasteiger partial charge is 0.497 e. The molecule has 1 heterocycles. The van der Waals surface area contributed by atoms with Crippen LogP contribution in [0.5, 0.6) is 11.5 Å². The Morgan fingerprint density at radius 1 is 1.21 bits per heavy atom. The summed E-state index contributed by atoms with van der Waals surface area (Å²) in [6.45, 7) is 3.85. The highest BCUT2D eigenvalue weighted by Crippen LogP contribution is 2.29. The molecular weight excluding hydrogens is 242 g/mol. The molecule has 0 spiro atoms. The molecule has 1 unspecified atom stereocenters. The van der Waals surface area contributed by atoms with Crippen LogP contribution in [-0.2, 0) is 4.74 Å². The molecule has 0 amide bonds. The van der Waals surface area contributed by atoms with Crippen LogP contribution < -0.4 is 14.8 Å². The van der Waals surface area contributed by atoms with Crippen LogP contribution in [0.4, 0.5) is 0 Å². The first kappa shape index (κ1) is 14.2. The van der Waals surface area contributed by atoms with Gasteiger partial charge in [-0.1, -0.05) is 0 Å². The van der Waals surface area contributed by atoms with Crippen LogP contribution in [0, 0.1) is 0 Å². The molecule has 1 saturated heterocycles. The zero-order valence-electron chi connectivity index (χ0n) is 11.9. The fourth-order valence-corrected chi connectivity index (χ4v) is 2.49. The van der Waals surface area contributed by atoms with Crippen molar-refractivity contribution in [3.05, 3.63) is 23.8 Å². The van der Waals surface area contributed by atoms with Gasteiger partial charge in [-0.15, -0.1) is 0 Å². The molecule has 4 nitrogen and oxygen atoms in total. The molecule has 1 aromatic carbocycles. The summed E-state index contributed by atoms with van der Waals surface area (Å²) in [5, 5.41) is 3.65. The van der Waals surface area contributed by atoms with Crippen molar-refractivity contribution in [2.45, 2.75) is 31.8 Å². The third-order valence-electron chi connectivity index (χ3n) is 3.61. The van der Waals surface area contributed by atoms with Gasteiger partial charge in [0.25, 0.3) is 0 Å². The summed E-state index contributed by atoms with van der Waals surface area (Å²) in [4.78, 5) is 0. The third kappa shape index (κ3) is 3.61. The van der Waals surface area contributed by atoms with Gasteiger partial charge in [-0.25, -0.2) is 0 Å². The molecule has 4 heteroatoms. The normalized spacial score (nSPS) is 18.1. The van der Waals surface area contributed by atoms with E-state index in [1.165, 1.54) is 0 Å². The highest BCUT2D eigenvalue weighted by molar-refractivity contribution is 5.42. The Balaban J connectivity index is 2.09. The maximum Gasteiger partial charge on any atom is 0.123 e. The summed E-state index contributed by atoms with van der Waals surface area (Å²) in [6, 6.07) is 6.66. The summed E-state index contributed by atoms with van der Waals surface area (Å²) < 4.78 is 16.1. The van der Waals surface area contributed by atoms with Crippen molar-refractivity contribution in [3.8, 4) is 11.5 Å². The predicted molar refractivity (Wildman–Crippen MR) is 74.9 cm³/mol. The minimum absolute atomic E-state index is 0.230. The SMILES string of the molecule is COc1ccc(OC)c(C(C)NC2CCOCC2)c1. The lowest BCUT2D eigenvalue weighted by Gasteiger charge is -2.27. The third-order valence-corrected chi connectivity index (χ3v) is 3.61. The zero-order chi connectivity index (χ0) is 13.7. The average Bonchev–Trinajstić information content (AvgIpc) is 2.47. The Labute approximate surface area is 115 Å². The van der Waals surface area contributed by atoms with E-state index in [0.29, 0.717) is 6.04 Å². The van der Waals surface area contributed by atoms with E-state index in [9.17, 15) is 0 Å². The summed E-state index contributed by atoms with van der Waals surface area (Å²) in [7, 11) is 3.38. The smallest absolute Gasteiger partial charge is 0.123 e. The summed E-state index contributed by atoms with van der Waals surface area (Å²) >= 11 is 0. The quantitative estimate of drug-likeness (QED) is 0.888. The lowest BCUT2D eigenvalue weighted by molar-refractivity contribution is 0.0753. The number of benzene rings is 1. The first-order valence-electron chi connectivity index (χ1n) is 6.80. The number of hydrogen-bond acceptors (Lipinski definition) is 4. The molecule has 106 valence electrons. The van der Waals surface area contributed by atoms with Gasteiger partial charge in [-0.05, 0) is 38.0 Å². The lowest BCUT2D eigenvalue weighted by Crippen LogP contribution is -2.36. The van der Waals surface area contributed by atoms with Crippen molar-refractivity contribution in [1.82, 2.24) is 5.32 Å². The second-order valence-corrected chi connectivity index (χ2v) is 4.88. The highest BCUT2D eigenvalue weighted by atomic mass is 16.5. The fourth-order valence-electron chi connectivity index (χ4n) is 2.49. The van der Waals surface area contributed by atoms with E-state index in [1.54, 1.807) is 14.2 Å². The molecule has 1 fully saturated rings. The van der Waals surface area contributed by atoms with Crippen molar-refractivity contribution in [2.75, 3.05) is 27.4 Å². The van der Waals surface area contributed by atoms with Crippen molar-refractivity contribution < 1.29 is 14.2 Å². The molecule has 0 saturated carbocycles. The minimum Gasteiger partial charge on any atom is -0.497 e. The van der Waals surface area contributed by atoms with E-state index in [1.807, 2.05) is 18.2 Å². The molecule has 0 bridgehead atoms. The number of ether oxygens (including phenoxy) is 3. The van der Waals surface area contributed by atoms with Gasteiger partial charge >= 0.3 is 0 Å². The van der Waals surface area contributed by atoms with Crippen LogP contribution in [0.2, 0.25) is 0 Å². The maximum atomic E-state index is 5.43.